The van der Waals surface area contributed by atoms with E-state index in [1.165, 1.54) is 4.88 Å². The maximum absolute atomic E-state index is 11.9. The summed E-state index contributed by atoms with van der Waals surface area (Å²) in [5, 5.41) is 6.49. The van der Waals surface area contributed by atoms with Gasteiger partial charge in [-0.15, -0.1) is 23.7 Å². The van der Waals surface area contributed by atoms with Crippen LogP contribution in [0.1, 0.15) is 34.3 Å². The first kappa shape index (κ1) is 14.5. The van der Waals surface area contributed by atoms with E-state index in [0.717, 1.165) is 24.3 Å². The number of hydrogen-bond acceptors (Lipinski definition) is 3. The van der Waals surface area contributed by atoms with Crippen LogP contribution < -0.4 is 10.6 Å². The van der Waals surface area contributed by atoms with E-state index in [1.54, 1.807) is 11.3 Å². The summed E-state index contributed by atoms with van der Waals surface area (Å²) in [6.45, 7) is 5.18. The molecule has 0 aliphatic carbocycles. The molecule has 1 saturated heterocycles. The summed E-state index contributed by atoms with van der Waals surface area (Å²) in [4.78, 5) is 13.9. The zero-order valence-electron chi connectivity index (χ0n) is 10.2. The fourth-order valence-electron chi connectivity index (χ4n) is 2.08. The Balaban J connectivity index is 0.00000144. The second kappa shape index (κ2) is 6.38. The van der Waals surface area contributed by atoms with Crippen LogP contribution in [-0.2, 0) is 0 Å². The molecule has 96 valence electrons. The van der Waals surface area contributed by atoms with E-state index < -0.39 is 0 Å². The Morgan fingerprint density at radius 1 is 1.53 bits per heavy atom. The molecule has 1 aromatic rings. The number of carbonyl (C=O) groups excluding carboxylic acids is 1. The van der Waals surface area contributed by atoms with Crippen molar-refractivity contribution in [1.29, 1.82) is 0 Å². The summed E-state index contributed by atoms with van der Waals surface area (Å²) >= 11 is 1.56. The first-order valence-electron chi connectivity index (χ1n) is 5.76. The van der Waals surface area contributed by atoms with Gasteiger partial charge in [0.1, 0.15) is 0 Å². The molecule has 1 aliphatic rings. The molecule has 2 unspecified atom stereocenters. The number of carbonyl (C=O) groups is 1. The van der Waals surface area contributed by atoms with Crippen molar-refractivity contribution in [2.45, 2.75) is 38.8 Å². The summed E-state index contributed by atoms with van der Waals surface area (Å²) in [6, 6.07) is 4.72. The number of amides is 1. The Hall–Kier alpha value is -0.580. The van der Waals surface area contributed by atoms with Gasteiger partial charge in [0.15, 0.2) is 0 Å². The summed E-state index contributed by atoms with van der Waals surface area (Å²) in [7, 11) is 0. The van der Waals surface area contributed by atoms with Gasteiger partial charge in [0.2, 0.25) is 0 Å². The molecule has 0 bridgehead atoms. The normalized spacial score (nSPS) is 23.9. The number of hydrogen-bond donors (Lipinski definition) is 2. The summed E-state index contributed by atoms with van der Waals surface area (Å²) in [5.74, 6) is 0.0807. The Morgan fingerprint density at radius 3 is 2.88 bits per heavy atom. The molecule has 17 heavy (non-hydrogen) atoms. The fourth-order valence-corrected chi connectivity index (χ4v) is 2.85. The number of rotatable bonds is 2. The summed E-state index contributed by atoms with van der Waals surface area (Å²) in [5.41, 5.74) is 0. The van der Waals surface area contributed by atoms with Crippen molar-refractivity contribution in [1.82, 2.24) is 10.6 Å². The van der Waals surface area contributed by atoms with E-state index in [2.05, 4.69) is 17.6 Å². The second-order valence-electron chi connectivity index (χ2n) is 4.46. The molecule has 2 heterocycles. The van der Waals surface area contributed by atoms with Gasteiger partial charge in [0.05, 0.1) is 4.88 Å². The van der Waals surface area contributed by atoms with Crippen LogP contribution in [0.4, 0.5) is 0 Å². The standard InChI is InChI=1S/C12H18N2OS.ClH/c1-8-7-10(5-6-13-8)14-12(15)11-4-3-9(2)16-11;/h3-4,8,10,13H,5-7H2,1-2H3,(H,14,15);1H. The number of thiophene rings is 1. The van der Waals surface area contributed by atoms with E-state index in [1.807, 2.05) is 19.1 Å². The van der Waals surface area contributed by atoms with Crippen LogP contribution in [0.2, 0.25) is 0 Å². The van der Waals surface area contributed by atoms with Gasteiger partial charge in [0, 0.05) is 17.0 Å². The van der Waals surface area contributed by atoms with E-state index >= 15 is 0 Å². The highest BCUT2D eigenvalue weighted by Gasteiger charge is 2.20. The average molecular weight is 275 g/mol. The van der Waals surface area contributed by atoms with Crippen LogP contribution in [0.25, 0.3) is 0 Å². The SMILES string of the molecule is Cc1ccc(C(=O)NC2CCNC(C)C2)s1.Cl. The fraction of sp³-hybridized carbons (Fsp3) is 0.583. The van der Waals surface area contributed by atoms with Crippen LogP contribution in [0, 0.1) is 6.92 Å². The Bertz CT molecular complexity index is 380. The third-order valence-corrected chi connectivity index (χ3v) is 3.92. The van der Waals surface area contributed by atoms with Gasteiger partial charge in [-0.3, -0.25) is 4.79 Å². The molecule has 1 aliphatic heterocycles. The number of aryl methyl sites for hydroxylation is 1. The lowest BCUT2D eigenvalue weighted by molar-refractivity contribution is 0.0930. The lowest BCUT2D eigenvalue weighted by atomic mass is 10.0. The van der Waals surface area contributed by atoms with Gasteiger partial charge < -0.3 is 10.6 Å². The molecule has 0 saturated carbocycles. The molecule has 0 aromatic carbocycles. The van der Waals surface area contributed by atoms with Crippen LogP contribution in [0.5, 0.6) is 0 Å². The predicted octanol–water partition coefficient (Wildman–Crippen LogP) is 2.35. The second-order valence-corrected chi connectivity index (χ2v) is 5.75. The van der Waals surface area contributed by atoms with Crippen molar-refractivity contribution < 1.29 is 4.79 Å². The zero-order valence-corrected chi connectivity index (χ0v) is 11.8. The van der Waals surface area contributed by atoms with E-state index in [0.29, 0.717) is 12.1 Å². The minimum absolute atomic E-state index is 0. The molecule has 1 amide bonds. The molecule has 3 nitrogen and oxygen atoms in total. The van der Waals surface area contributed by atoms with E-state index in [4.69, 9.17) is 0 Å². The molecule has 1 aromatic heterocycles. The number of piperidine rings is 1. The Morgan fingerprint density at radius 2 is 2.29 bits per heavy atom. The Labute approximate surface area is 112 Å². The van der Waals surface area contributed by atoms with Gasteiger partial charge in [-0.05, 0) is 45.4 Å². The molecular formula is C12H19ClN2OS. The van der Waals surface area contributed by atoms with Crippen LogP contribution in [0.15, 0.2) is 12.1 Å². The molecule has 2 atom stereocenters. The van der Waals surface area contributed by atoms with Crippen LogP contribution in [-0.4, -0.2) is 24.5 Å². The predicted molar refractivity (Wildman–Crippen MR) is 74.3 cm³/mol. The molecule has 0 radical (unpaired) electrons. The van der Waals surface area contributed by atoms with Crippen molar-refractivity contribution in [3.8, 4) is 0 Å². The van der Waals surface area contributed by atoms with Crippen molar-refractivity contribution in [2.75, 3.05) is 6.54 Å². The van der Waals surface area contributed by atoms with Gasteiger partial charge in [0.25, 0.3) is 5.91 Å². The number of nitrogens with one attached hydrogen (secondary N) is 2. The maximum Gasteiger partial charge on any atom is 0.261 e. The van der Waals surface area contributed by atoms with Gasteiger partial charge in [-0.25, -0.2) is 0 Å². The largest absolute Gasteiger partial charge is 0.349 e. The van der Waals surface area contributed by atoms with Crippen molar-refractivity contribution in [3.05, 3.63) is 21.9 Å². The van der Waals surface area contributed by atoms with Crippen molar-refractivity contribution in [2.24, 2.45) is 0 Å². The maximum atomic E-state index is 11.9. The minimum atomic E-state index is 0. The lowest BCUT2D eigenvalue weighted by Crippen LogP contribution is -2.46. The minimum Gasteiger partial charge on any atom is -0.349 e. The van der Waals surface area contributed by atoms with Gasteiger partial charge in [-0.1, -0.05) is 0 Å². The third-order valence-electron chi connectivity index (χ3n) is 2.92. The molecule has 0 spiro atoms. The van der Waals surface area contributed by atoms with E-state index in [-0.39, 0.29) is 18.3 Å². The number of halogens is 1. The highest BCUT2D eigenvalue weighted by Crippen LogP contribution is 2.16. The molecule has 2 N–H and O–H groups in total. The smallest absolute Gasteiger partial charge is 0.261 e. The Kier molecular flexibility index (Phi) is 5.43. The molecule has 5 heteroatoms. The van der Waals surface area contributed by atoms with Gasteiger partial charge in [-0.2, -0.15) is 0 Å². The highest BCUT2D eigenvalue weighted by atomic mass is 35.5. The first-order valence-corrected chi connectivity index (χ1v) is 6.57. The monoisotopic (exact) mass is 274 g/mol. The summed E-state index contributed by atoms with van der Waals surface area (Å²) < 4.78 is 0. The van der Waals surface area contributed by atoms with Gasteiger partial charge >= 0.3 is 0 Å². The summed E-state index contributed by atoms with van der Waals surface area (Å²) in [6.07, 6.45) is 2.05. The van der Waals surface area contributed by atoms with Crippen LogP contribution in [0.3, 0.4) is 0 Å². The third kappa shape index (κ3) is 3.98. The highest BCUT2D eigenvalue weighted by molar-refractivity contribution is 7.13. The van der Waals surface area contributed by atoms with E-state index in [9.17, 15) is 4.79 Å². The van der Waals surface area contributed by atoms with Crippen molar-refractivity contribution in [3.63, 3.8) is 0 Å². The van der Waals surface area contributed by atoms with Crippen molar-refractivity contribution >= 4 is 29.7 Å². The van der Waals surface area contributed by atoms with Crippen LogP contribution >= 0.6 is 23.7 Å². The first-order chi connectivity index (χ1) is 7.65. The molecule has 1 fully saturated rings. The lowest BCUT2D eigenvalue weighted by Gasteiger charge is -2.28. The average Bonchev–Trinajstić information content (AvgIpc) is 2.65. The topological polar surface area (TPSA) is 41.1 Å². The molecular weight excluding hydrogens is 256 g/mol. The molecule has 2 rings (SSSR count). The quantitative estimate of drug-likeness (QED) is 0.869. The zero-order chi connectivity index (χ0) is 11.5.